The fraction of sp³-hybridized carbons (Fsp3) is 0.259. The number of benzene rings is 4. The minimum Gasteiger partial charge on any atom is -0.258 e. The van der Waals surface area contributed by atoms with Crippen LogP contribution < -0.4 is 0 Å². The fourth-order valence-electron chi connectivity index (χ4n) is 7.49. The van der Waals surface area contributed by atoms with Crippen LogP contribution in [0.2, 0.25) is 0 Å². The van der Waals surface area contributed by atoms with Gasteiger partial charge >= 0.3 is 0 Å². The molecular formula is C81H98N18. The van der Waals surface area contributed by atoms with Crippen molar-refractivity contribution in [3.05, 3.63) is 333 Å². The van der Waals surface area contributed by atoms with Gasteiger partial charge in [-0.15, -0.1) is 0 Å². The molecule has 0 fully saturated rings. The van der Waals surface area contributed by atoms with Crippen molar-refractivity contribution in [1.29, 1.82) is 0 Å². The summed E-state index contributed by atoms with van der Waals surface area (Å²) in [5.74, 6) is 1.67. The topological polar surface area (TPSA) is 232 Å². The maximum absolute atomic E-state index is 4.06. The van der Waals surface area contributed by atoms with Gasteiger partial charge in [0, 0.05) is 66.7 Å². The van der Waals surface area contributed by atoms with Crippen LogP contribution >= 0.6 is 0 Å². The second-order valence-corrected chi connectivity index (χ2v) is 23.4. The number of hydrogen-bond acceptors (Lipinski definition) is 18. The van der Waals surface area contributed by atoms with E-state index in [1.807, 2.05) is 166 Å². The molecule has 13 rings (SSSR count). The van der Waals surface area contributed by atoms with Gasteiger partial charge in [0.25, 0.3) is 0 Å². The number of hydrogen-bond donors (Lipinski definition) is 0. The summed E-state index contributed by atoms with van der Waals surface area (Å²) in [5.41, 5.74) is 26.3. The molecule has 0 N–H and O–H groups in total. The molecule has 18 nitrogen and oxygen atoms in total. The van der Waals surface area contributed by atoms with E-state index in [2.05, 4.69) is 215 Å². The Kier molecular flexibility index (Phi) is 38.6. The third kappa shape index (κ3) is 38.7. The van der Waals surface area contributed by atoms with Gasteiger partial charge in [-0.1, -0.05) is 119 Å². The summed E-state index contributed by atoms with van der Waals surface area (Å²) in [4.78, 5) is 39.4. The third-order valence-electron chi connectivity index (χ3n) is 13.4. The molecule has 0 aliphatic carbocycles. The van der Waals surface area contributed by atoms with E-state index in [1.165, 1.54) is 67.5 Å². The minimum atomic E-state index is 0.829. The highest BCUT2D eigenvalue weighted by Crippen LogP contribution is 2.21. The lowest BCUT2D eigenvalue weighted by molar-refractivity contribution is 0.941. The van der Waals surface area contributed by atoms with Crippen molar-refractivity contribution in [3.8, 4) is 22.3 Å². The molecule has 0 aliphatic heterocycles. The van der Waals surface area contributed by atoms with Crippen LogP contribution in [0.4, 0.5) is 0 Å². The van der Waals surface area contributed by atoms with Crippen LogP contribution in [0.5, 0.6) is 0 Å². The van der Waals surface area contributed by atoms with Crippen LogP contribution in [0.3, 0.4) is 0 Å². The standard InChI is InChI=1S/2C14H14.8C6H8N2.C5H6N2/c1-11-3-7-13(8-4-11)14-9-5-12(2)6-10-14;1-11-6-8-13(9-7-11)14-5-3-4-12(2)10-14;1-5-3-8-6(2)4-7-5;1-5-3-7-8-4-6(5)2;1-5-3-6(2)8-4-7-5;1-5-3-7-6(2)8-4-5;1-5-3-6(2)8-7-4-5;1-5-3-4-7-6(2)8-5;1-5-3-4-7-8-6(5)2;1-5-3-4-6(2)8-7-5;1-5-2-6-4-7-3-5/h2*3-10H,1-2H3;8*3-4H,1-2H3;2-4H,1H3. The lowest BCUT2D eigenvalue weighted by Crippen LogP contribution is -1.86. The number of aryl methyl sites for hydroxylation is 21. The molecule has 0 bridgehead atoms. The average molecular weight is 1320 g/mol. The van der Waals surface area contributed by atoms with E-state index in [-0.39, 0.29) is 0 Å². The van der Waals surface area contributed by atoms with Crippen LogP contribution in [0.25, 0.3) is 22.3 Å². The summed E-state index contributed by atoms with van der Waals surface area (Å²) >= 11 is 0. The Hall–Kier alpha value is -11.4. The highest BCUT2D eigenvalue weighted by molar-refractivity contribution is 5.65. The van der Waals surface area contributed by atoms with Gasteiger partial charge in [-0.3, -0.25) is 9.97 Å². The van der Waals surface area contributed by atoms with Crippen LogP contribution in [0, 0.1) is 145 Å². The van der Waals surface area contributed by atoms with Gasteiger partial charge in [-0.2, -0.15) is 40.8 Å². The Morgan fingerprint density at radius 2 is 0.707 bits per heavy atom. The highest BCUT2D eigenvalue weighted by Gasteiger charge is 1.98. The largest absolute Gasteiger partial charge is 0.258 e. The Bertz CT molecular complexity index is 3840. The van der Waals surface area contributed by atoms with Crippen LogP contribution in [-0.4, -0.2) is 90.6 Å². The first kappa shape index (κ1) is 81.8. The van der Waals surface area contributed by atoms with E-state index in [0.29, 0.717) is 0 Å². The molecule has 0 aliphatic rings. The van der Waals surface area contributed by atoms with Crippen molar-refractivity contribution < 1.29 is 0 Å². The first-order valence-electron chi connectivity index (χ1n) is 32.3. The lowest BCUT2D eigenvalue weighted by Gasteiger charge is -2.02. The summed E-state index contributed by atoms with van der Waals surface area (Å²) in [6.07, 6.45) is 22.5. The summed E-state index contributed by atoms with van der Waals surface area (Å²) < 4.78 is 0. The van der Waals surface area contributed by atoms with Crippen LogP contribution in [0.15, 0.2) is 214 Å². The first-order valence-corrected chi connectivity index (χ1v) is 32.3. The maximum Gasteiger partial charge on any atom is 0.125 e. The van der Waals surface area contributed by atoms with Crippen molar-refractivity contribution in [2.45, 2.75) is 145 Å². The molecule has 9 aromatic heterocycles. The van der Waals surface area contributed by atoms with Crippen LogP contribution in [-0.2, 0) is 0 Å². The van der Waals surface area contributed by atoms with E-state index < -0.39 is 0 Å². The predicted octanol–water partition coefficient (Wildman–Crippen LogP) is 17.5. The average Bonchev–Trinajstić information content (AvgIpc) is 0.903. The Morgan fingerprint density at radius 3 is 1.03 bits per heavy atom. The molecular weight excluding hydrogens is 1230 g/mol. The normalized spacial score (nSPS) is 9.46. The summed E-state index contributed by atoms with van der Waals surface area (Å²) in [5, 5.41) is 30.1. The van der Waals surface area contributed by atoms with Gasteiger partial charge < -0.3 is 0 Å². The van der Waals surface area contributed by atoms with Gasteiger partial charge in [0.15, 0.2) is 0 Å². The molecule has 13 aromatic rings. The quantitative estimate of drug-likeness (QED) is 0.156. The lowest BCUT2D eigenvalue weighted by atomic mass is 10.0. The number of rotatable bonds is 2. The van der Waals surface area contributed by atoms with Crippen molar-refractivity contribution in [2.75, 3.05) is 0 Å². The van der Waals surface area contributed by atoms with Gasteiger partial charge in [0.1, 0.15) is 24.3 Å². The van der Waals surface area contributed by atoms with E-state index in [9.17, 15) is 0 Å². The molecule has 0 amide bonds. The zero-order valence-corrected chi connectivity index (χ0v) is 61.8. The second-order valence-electron chi connectivity index (χ2n) is 23.4. The van der Waals surface area contributed by atoms with Crippen molar-refractivity contribution in [2.24, 2.45) is 0 Å². The SMILES string of the molecule is Cc1cc(C)ncn1.Cc1ccc(-c2ccc(C)cc2)cc1.Cc1ccc(-c2cccc(C)c2)cc1.Cc1ccc(C)nn1.Cc1ccnc(C)n1.Cc1ccnnc1C.Cc1cnc(C)cn1.Cc1cnc(C)nc1.Cc1cncnc1.Cc1cnnc(C)c1.Cc1cnncc1C. The minimum absolute atomic E-state index is 0.829. The van der Waals surface area contributed by atoms with E-state index >= 15 is 0 Å². The molecule has 9 heterocycles. The molecule has 0 saturated heterocycles. The van der Waals surface area contributed by atoms with Gasteiger partial charge in [0.2, 0.25) is 0 Å². The van der Waals surface area contributed by atoms with E-state index in [0.717, 1.165) is 79.6 Å². The summed E-state index contributed by atoms with van der Waals surface area (Å²) in [7, 11) is 0. The van der Waals surface area contributed by atoms with E-state index in [4.69, 9.17) is 0 Å². The Labute approximate surface area is 588 Å². The molecule has 0 spiro atoms. The van der Waals surface area contributed by atoms with Crippen molar-refractivity contribution in [3.63, 3.8) is 0 Å². The Morgan fingerprint density at radius 1 is 0.222 bits per heavy atom. The molecule has 512 valence electrons. The molecule has 4 aromatic carbocycles. The molecule has 0 saturated carbocycles. The van der Waals surface area contributed by atoms with Crippen molar-refractivity contribution >= 4 is 0 Å². The third-order valence-corrected chi connectivity index (χ3v) is 13.4. The number of aromatic nitrogens is 18. The maximum atomic E-state index is 4.06. The summed E-state index contributed by atoms with van der Waals surface area (Å²) in [6.45, 7) is 41.6. The van der Waals surface area contributed by atoms with Gasteiger partial charge in [-0.05, 0) is 237 Å². The number of nitrogens with zero attached hydrogens (tertiary/aromatic N) is 18. The van der Waals surface area contributed by atoms with Crippen LogP contribution in [0.1, 0.15) is 119 Å². The second kappa shape index (κ2) is 46.7. The van der Waals surface area contributed by atoms with Gasteiger partial charge in [0.05, 0.1) is 52.8 Å². The zero-order chi connectivity index (χ0) is 72.9. The van der Waals surface area contributed by atoms with E-state index in [1.54, 1.807) is 62.1 Å². The van der Waals surface area contributed by atoms with Gasteiger partial charge in [-0.25, -0.2) is 39.9 Å². The predicted molar refractivity (Wildman–Crippen MR) is 402 cm³/mol. The molecule has 99 heavy (non-hydrogen) atoms. The fourth-order valence-corrected chi connectivity index (χ4v) is 7.49. The molecule has 0 atom stereocenters. The smallest absolute Gasteiger partial charge is 0.125 e. The zero-order valence-electron chi connectivity index (χ0n) is 61.8. The molecule has 0 radical (unpaired) electrons. The molecule has 18 heteroatoms. The Balaban J connectivity index is 0.000000286. The summed E-state index contributed by atoms with van der Waals surface area (Å²) in [6, 6.07) is 46.1. The first-order chi connectivity index (χ1) is 47.2. The van der Waals surface area contributed by atoms with Crippen molar-refractivity contribution in [1.82, 2.24) is 90.6 Å². The monoisotopic (exact) mass is 1320 g/mol. The highest BCUT2D eigenvalue weighted by atomic mass is 15.1. The molecule has 0 unspecified atom stereocenters.